The number of amides is 1. The molecule has 1 N–H and O–H groups in total. The second-order valence-electron chi connectivity index (χ2n) is 4.26. The Morgan fingerprint density at radius 1 is 1.35 bits per heavy atom. The van der Waals surface area contributed by atoms with Gasteiger partial charge in [0.15, 0.2) is 0 Å². The van der Waals surface area contributed by atoms with E-state index in [4.69, 9.17) is 0 Å². The summed E-state index contributed by atoms with van der Waals surface area (Å²) in [4.78, 5) is 11.2. The van der Waals surface area contributed by atoms with E-state index < -0.39 is 0 Å². The maximum Gasteiger partial charge on any atom is 0.240 e. The van der Waals surface area contributed by atoms with Gasteiger partial charge in [0.1, 0.15) is 0 Å². The van der Waals surface area contributed by atoms with Crippen molar-refractivity contribution in [3.05, 3.63) is 41.5 Å². The smallest absolute Gasteiger partial charge is 0.240 e. The molecule has 0 bridgehead atoms. The van der Waals surface area contributed by atoms with Crippen molar-refractivity contribution in [3.63, 3.8) is 0 Å². The SMILES string of the molecule is C/C=C\c1ccc(C2=NNC(=O)CC2C)cc1. The Labute approximate surface area is 101 Å². The van der Waals surface area contributed by atoms with Gasteiger partial charge in [-0.2, -0.15) is 5.10 Å². The number of hydrogen-bond acceptors (Lipinski definition) is 2. The van der Waals surface area contributed by atoms with Crippen molar-refractivity contribution in [2.45, 2.75) is 20.3 Å². The fraction of sp³-hybridized carbons (Fsp3) is 0.286. The number of carbonyl (C=O) groups is 1. The molecule has 0 aromatic heterocycles. The Hall–Kier alpha value is -1.90. The lowest BCUT2D eigenvalue weighted by Crippen LogP contribution is -2.31. The Bertz CT molecular complexity index is 472. The highest BCUT2D eigenvalue weighted by Crippen LogP contribution is 2.17. The lowest BCUT2D eigenvalue weighted by molar-refractivity contribution is -0.121. The number of rotatable bonds is 2. The van der Waals surface area contributed by atoms with Crippen molar-refractivity contribution in [1.82, 2.24) is 5.43 Å². The van der Waals surface area contributed by atoms with Crippen molar-refractivity contribution in [1.29, 1.82) is 0 Å². The summed E-state index contributed by atoms with van der Waals surface area (Å²) in [6.45, 7) is 4.02. The summed E-state index contributed by atoms with van der Waals surface area (Å²) in [6, 6.07) is 8.20. The van der Waals surface area contributed by atoms with Crippen LogP contribution in [0.1, 0.15) is 31.4 Å². The summed E-state index contributed by atoms with van der Waals surface area (Å²) in [5.74, 6) is 0.170. The summed E-state index contributed by atoms with van der Waals surface area (Å²) in [5.41, 5.74) is 5.74. The Balaban J connectivity index is 2.25. The molecule has 2 rings (SSSR count). The van der Waals surface area contributed by atoms with Gasteiger partial charge in [-0.1, -0.05) is 43.3 Å². The average Bonchev–Trinajstić information content (AvgIpc) is 2.31. The highest BCUT2D eigenvalue weighted by atomic mass is 16.2. The molecule has 1 heterocycles. The monoisotopic (exact) mass is 228 g/mol. The molecule has 1 amide bonds. The van der Waals surface area contributed by atoms with E-state index in [0.717, 1.165) is 11.3 Å². The standard InChI is InChI=1S/C14H16N2O/c1-3-4-11-5-7-12(8-6-11)14-10(2)9-13(17)15-16-14/h3-8,10H,9H2,1-2H3,(H,15,17)/b4-3-. The van der Waals surface area contributed by atoms with Gasteiger partial charge in [-0.15, -0.1) is 0 Å². The molecule has 1 aromatic rings. The van der Waals surface area contributed by atoms with E-state index in [9.17, 15) is 4.79 Å². The molecule has 0 saturated heterocycles. The third kappa shape index (κ3) is 2.61. The van der Waals surface area contributed by atoms with Crippen molar-refractivity contribution < 1.29 is 4.79 Å². The molecule has 0 radical (unpaired) electrons. The van der Waals surface area contributed by atoms with Crippen LogP contribution in [0.3, 0.4) is 0 Å². The zero-order valence-electron chi connectivity index (χ0n) is 10.1. The minimum Gasteiger partial charge on any atom is -0.273 e. The first-order valence-corrected chi connectivity index (χ1v) is 5.80. The van der Waals surface area contributed by atoms with Crippen LogP contribution >= 0.6 is 0 Å². The van der Waals surface area contributed by atoms with Crippen LogP contribution in [0.5, 0.6) is 0 Å². The largest absolute Gasteiger partial charge is 0.273 e. The number of nitrogens with zero attached hydrogens (tertiary/aromatic N) is 1. The minimum atomic E-state index is -0.00761. The maximum atomic E-state index is 11.2. The van der Waals surface area contributed by atoms with Crippen LogP contribution < -0.4 is 5.43 Å². The summed E-state index contributed by atoms with van der Waals surface area (Å²) in [5, 5.41) is 4.14. The van der Waals surface area contributed by atoms with Crippen LogP contribution in [-0.4, -0.2) is 11.6 Å². The molecule has 1 atom stereocenters. The molecule has 0 saturated carbocycles. The number of carbonyl (C=O) groups excluding carboxylic acids is 1. The quantitative estimate of drug-likeness (QED) is 0.830. The molecule has 3 heteroatoms. The molecule has 88 valence electrons. The maximum absolute atomic E-state index is 11.2. The first kappa shape index (κ1) is 11.6. The second-order valence-corrected chi connectivity index (χ2v) is 4.26. The zero-order chi connectivity index (χ0) is 12.3. The summed E-state index contributed by atoms with van der Waals surface area (Å²) < 4.78 is 0. The van der Waals surface area contributed by atoms with E-state index in [0.29, 0.717) is 6.42 Å². The molecule has 17 heavy (non-hydrogen) atoms. The Morgan fingerprint density at radius 3 is 2.65 bits per heavy atom. The fourth-order valence-corrected chi connectivity index (χ4v) is 1.96. The van der Waals surface area contributed by atoms with Gasteiger partial charge in [0.25, 0.3) is 0 Å². The topological polar surface area (TPSA) is 41.5 Å². The highest BCUT2D eigenvalue weighted by Gasteiger charge is 2.21. The predicted molar refractivity (Wildman–Crippen MR) is 69.6 cm³/mol. The van der Waals surface area contributed by atoms with Gasteiger partial charge >= 0.3 is 0 Å². The van der Waals surface area contributed by atoms with Crippen LogP contribution in [0.15, 0.2) is 35.4 Å². The van der Waals surface area contributed by atoms with E-state index in [-0.39, 0.29) is 11.8 Å². The fourth-order valence-electron chi connectivity index (χ4n) is 1.96. The Morgan fingerprint density at radius 2 is 2.06 bits per heavy atom. The number of benzene rings is 1. The van der Waals surface area contributed by atoms with E-state index in [1.165, 1.54) is 5.56 Å². The molecule has 1 unspecified atom stereocenters. The first-order valence-electron chi connectivity index (χ1n) is 5.80. The number of hydrogen-bond donors (Lipinski definition) is 1. The molecular weight excluding hydrogens is 212 g/mol. The third-order valence-electron chi connectivity index (χ3n) is 2.82. The minimum absolute atomic E-state index is 0.00761. The summed E-state index contributed by atoms with van der Waals surface area (Å²) in [7, 11) is 0. The van der Waals surface area contributed by atoms with E-state index >= 15 is 0 Å². The van der Waals surface area contributed by atoms with Crippen molar-refractivity contribution >= 4 is 17.7 Å². The molecular formula is C14H16N2O. The third-order valence-corrected chi connectivity index (χ3v) is 2.82. The van der Waals surface area contributed by atoms with Crippen molar-refractivity contribution in [2.75, 3.05) is 0 Å². The molecule has 0 aliphatic carbocycles. The average molecular weight is 228 g/mol. The van der Waals surface area contributed by atoms with Crippen LogP contribution in [0.25, 0.3) is 6.08 Å². The first-order chi connectivity index (χ1) is 8.20. The predicted octanol–water partition coefficient (Wildman–Crippen LogP) is 2.58. The van der Waals surface area contributed by atoms with E-state index in [2.05, 4.69) is 28.7 Å². The summed E-state index contributed by atoms with van der Waals surface area (Å²) in [6.07, 6.45) is 4.57. The second kappa shape index (κ2) is 4.95. The van der Waals surface area contributed by atoms with Gasteiger partial charge < -0.3 is 0 Å². The molecule has 1 aliphatic heterocycles. The lowest BCUT2D eigenvalue weighted by Gasteiger charge is -2.19. The van der Waals surface area contributed by atoms with Crippen LogP contribution in [0, 0.1) is 5.92 Å². The number of nitrogens with one attached hydrogen (secondary N) is 1. The molecule has 1 aliphatic rings. The van der Waals surface area contributed by atoms with Crippen molar-refractivity contribution in [3.8, 4) is 0 Å². The van der Waals surface area contributed by atoms with E-state index in [1.807, 2.05) is 32.1 Å². The molecule has 3 nitrogen and oxygen atoms in total. The van der Waals surface area contributed by atoms with Crippen molar-refractivity contribution in [2.24, 2.45) is 11.0 Å². The highest BCUT2D eigenvalue weighted by molar-refractivity contribution is 6.05. The van der Waals surface area contributed by atoms with Crippen LogP contribution in [0.4, 0.5) is 0 Å². The molecule has 0 spiro atoms. The van der Waals surface area contributed by atoms with E-state index in [1.54, 1.807) is 0 Å². The summed E-state index contributed by atoms with van der Waals surface area (Å²) >= 11 is 0. The van der Waals surface area contributed by atoms with Gasteiger partial charge in [-0.3, -0.25) is 4.79 Å². The lowest BCUT2D eigenvalue weighted by atomic mass is 9.93. The normalized spacial score (nSPS) is 20.2. The molecule has 1 aromatic carbocycles. The Kier molecular flexibility index (Phi) is 3.38. The van der Waals surface area contributed by atoms with Gasteiger partial charge in [0.2, 0.25) is 5.91 Å². The van der Waals surface area contributed by atoms with Gasteiger partial charge in [0, 0.05) is 12.3 Å². The van der Waals surface area contributed by atoms with Crippen LogP contribution in [-0.2, 0) is 4.79 Å². The zero-order valence-corrected chi connectivity index (χ0v) is 10.1. The van der Waals surface area contributed by atoms with Gasteiger partial charge in [-0.25, -0.2) is 5.43 Å². The number of hydrazone groups is 1. The van der Waals surface area contributed by atoms with Crippen LogP contribution in [0.2, 0.25) is 0 Å². The van der Waals surface area contributed by atoms with Gasteiger partial charge in [-0.05, 0) is 18.1 Å². The van der Waals surface area contributed by atoms with Gasteiger partial charge in [0.05, 0.1) is 5.71 Å². The molecule has 0 fully saturated rings. The number of allylic oxidation sites excluding steroid dienone is 1.